The van der Waals surface area contributed by atoms with Crippen LogP contribution in [0.3, 0.4) is 0 Å². The van der Waals surface area contributed by atoms with Crippen molar-refractivity contribution in [3.8, 4) is 0 Å². The third-order valence-electron chi connectivity index (χ3n) is 2.73. The first-order chi connectivity index (χ1) is 7.13. The molecule has 0 radical (unpaired) electrons. The molecule has 0 saturated carbocycles. The molecule has 0 amide bonds. The van der Waals surface area contributed by atoms with Gasteiger partial charge in [-0.1, -0.05) is 24.3 Å². The molecule has 1 heterocycles. The predicted octanol–water partition coefficient (Wildman–Crippen LogP) is 3.12. The van der Waals surface area contributed by atoms with Crippen molar-refractivity contribution in [2.45, 2.75) is 19.4 Å². The fourth-order valence-corrected chi connectivity index (χ4v) is 1.51. The van der Waals surface area contributed by atoms with E-state index in [1.54, 1.807) is 7.11 Å². The normalized spacial score (nSPS) is 11.9. The van der Waals surface area contributed by atoms with Crippen LogP contribution in [0, 0.1) is 0 Å². The van der Waals surface area contributed by atoms with Crippen LogP contribution in [0.4, 0.5) is 0 Å². The van der Waals surface area contributed by atoms with Crippen LogP contribution in [0.5, 0.6) is 0 Å². The Bertz CT molecular complexity index is 477. The molecule has 2 nitrogen and oxygen atoms in total. The van der Waals surface area contributed by atoms with E-state index in [9.17, 15) is 0 Å². The molecule has 0 saturated heterocycles. The van der Waals surface area contributed by atoms with Gasteiger partial charge in [-0.05, 0) is 26.0 Å². The molecule has 0 unspecified atom stereocenters. The van der Waals surface area contributed by atoms with Gasteiger partial charge in [-0.2, -0.15) is 0 Å². The van der Waals surface area contributed by atoms with Gasteiger partial charge in [0.2, 0.25) is 0 Å². The molecule has 0 aliphatic heterocycles. The standard InChI is InChI=1S/C13H15NO/c1-13(2,15-3)12-9-8-10-6-4-5-7-11(10)14-12/h4-9H,1-3H3. The van der Waals surface area contributed by atoms with Crippen molar-refractivity contribution in [2.75, 3.05) is 7.11 Å². The zero-order valence-electron chi connectivity index (χ0n) is 9.32. The van der Waals surface area contributed by atoms with Gasteiger partial charge < -0.3 is 4.74 Å². The van der Waals surface area contributed by atoms with E-state index >= 15 is 0 Å². The van der Waals surface area contributed by atoms with Gasteiger partial charge in [0.15, 0.2) is 0 Å². The van der Waals surface area contributed by atoms with Crippen LogP contribution in [0.25, 0.3) is 10.9 Å². The Morgan fingerprint density at radius 3 is 2.53 bits per heavy atom. The van der Waals surface area contributed by atoms with Gasteiger partial charge in [0.1, 0.15) is 5.60 Å². The number of pyridine rings is 1. The van der Waals surface area contributed by atoms with Crippen molar-refractivity contribution in [3.63, 3.8) is 0 Å². The summed E-state index contributed by atoms with van der Waals surface area (Å²) in [5.41, 5.74) is 1.65. The molecular weight excluding hydrogens is 186 g/mol. The number of nitrogens with zero attached hydrogens (tertiary/aromatic N) is 1. The van der Waals surface area contributed by atoms with E-state index < -0.39 is 0 Å². The van der Waals surface area contributed by atoms with Crippen molar-refractivity contribution >= 4 is 10.9 Å². The monoisotopic (exact) mass is 201 g/mol. The number of rotatable bonds is 2. The van der Waals surface area contributed by atoms with E-state index in [0.29, 0.717) is 0 Å². The Morgan fingerprint density at radius 1 is 1.07 bits per heavy atom. The smallest absolute Gasteiger partial charge is 0.104 e. The van der Waals surface area contributed by atoms with E-state index in [0.717, 1.165) is 16.6 Å². The summed E-state index contributed by atoms with van der Waals surface area (Å²) in [6.45, 7) is 4.04. The lowest BCUT2D eigenvalue weighted by Gasteiger charge is -2.22. The molecule has 0 atom stereocenters. The lowest BCUT2D eigenvalue weighted by Crippen LogP contribution is -2.20. The van der Waals surface area contributed by atoms with Crippen LogP contribution >= 0.6 is 0 Å². The number of benzene rings is 1. The Hall–Kier alpha value is -1.41. The van der Waals surface area contributed by atoms with Crippen LogP contribution in [0.15, 0.2) is 36.4 Å². The molecule has 0 spiro atoms. The van der Waals surface area contributed by atoms with Gasteiger partial charge in [-0.15, -0.1) is 0 Å². The average molecular weight is 201 g/mol. The summed E-state index contributed by atoms with van der Waals surface area (Å²) in [4.78, 5) is 4.59. The molecule has 2 aromatic rings. The summed E-state index contributed by atoms with van der Waals surface area (Å²) in [5, 5.41) is 1.16. The summed E-state index contributed by atoms with van der Waals surface area (Å²) in [7, 11) is 1.71. The number of methoxy groups -OCH3 is 1. The minimum absolute atomic E-state index is 0.329. The van der Waals surface area contributed by atoms with Gasteiger partial charge in [-0.25, -0.2) is 4.98 Å². The molecule has 0 bridgehead atoms. The summed E-state index contributed by atoms with van der Waals surface area (Å²) >= 11 is 0. The maximum Gasteiger partial charge on any atom is 0.104 e. The maximum absolute atomic E-state index is 5.41. The second kappa shape index (κ2) is 3.63. The molecule has 0 aliphatic carbocycles. The third-order valence-corrected chi connectivity index (χ3v) is 2.73. The number of fused-ring (bicyclic) bond motifs is 1. The molecule has 0 N–H and O–H groups in total. The van der Waals surface area contributed by atoms with E-state index in [2.05, 4.69) is 17.1 Å². The highest BCUT2D eigenvalue weighted by atomic mass is 16.5. The molecular formula is C13H15NO. The summed E-state index contributed by atoms with van der Waals surface area (Å²) in [5.74, 6) is 0. The second-order valence-electron chi connectivity index (χ2n) is 4.10. The number of ether oxygens (including phenoxy) is 1. The van der Waals surface area contributed by atoms with Gasteiger partial charge in [0.05, 0.1) is 11.2 Å². The Labute approximate surface area is 89.9 Å². The maximum atomic E-state index is 5.41. The molecule has 2 heteroatoms. The zero-order valence-corrected chi connectivity index (χ0v) is 9.32. The first-order valence-corrected chi connectivity index (χ1v) is 5.05. The second-order valence-corrected chi connectivity index (χ2v) is 4.10. The molecule has 1 aromatic heterocycles. The van der Waals surface area contributed by atoms with E-state index in [1.165, 1.54) is 0 Å². The van der Waals surface area contributed by atoms with Crippen molar-refractivity contribution in [1.82, 2.24) is 4.98 Å². The largest absolute Gasteiger partial charge is 0.373 e. The van der Waals surface area contributed by atoms with Gasteiger partial charge >= 0.3 is 0 Å². The molecule has 2 rings (SSSR count). The van der Waals surface area contributed by atoms with Crippen molar-refractivity contribution in [2.24, 2.45) is 0 Å². The summed E-state index contributed by atoms with van der Waals surface area (Å²) in [6, 6.07) is 12.2. The van der Waals surface area contributed by atoms with Gasteiger partial charge in [0.25, 0.3) is 0 Å². The number of hydrogen-bond donors (Lipinski definition) is 0. The third kappa shape index (κ3) is 1.85. The Kier molecular flexibility index (Phi) is 2.45. The first-order valence-electron chi connectivity index (χ1n) is 5.05. The number of aromatic nitrogens is 1. The van der Waals surface area contributed by atoms with Crippen LogP contribution in [-0.2, 0) is 10.3 Å². The molecule has 15 heavy (non-hydrogen) atoms. The van der Waals surface area contributed by atoms with Crippen molar-refractivity contribution in [3.05, 3.63) is 42.1 Å². The molecule has 0 fully saturated rings. The van der Waals surface area contributed by atoms with Crippen LogP contribution < -0.4 is 0 Å². The topological polar surface area (TPSA) is 22.1 Å². The molecule has 1 aromatic carbocycles. The SMILES string of the molecule is COC(C)(C)c1ccc2ccccc2n1. The minimum atomic E-state index is -0.329. The Morgan fingerprint density at radius 2 is 1.80 bits per heavy atom. The highest BCUT2D eigenvalue weighted by Crippen LogP contribution is 2.23. The fourth-order valence-electron chi connectivity index (χ4n) is 1.51. The van der Waals surface area contributed by atoms with Crippen LogP contribution in [0.1, 0.15) is 19.5 Å². The quantitative estimate of drug-likeness (QED) is 0.744. The van der Waals surface area contributed by atoms with Crippen LogP contribution in [0.2, 0.25) is 0 Å². The first kappa shape index (κ1) is 10.1. The summed E-state index contributed by atoms with van der Waals surface area (Å²) in [6.07, 6.45) is 0. The van der Waals surface area contributed by atoms with Gasteiger partial charge in [0, 0.05) is 12.5 Å². The highest BCUT2D eigenvalue weighted by Gasteiger charge is 2.20. The molecule has 0 aliphatic rings. The highest BCUT2D eigenvalue weighted by molar-refractivity contribution is 5.78. The number of para-hydroxylation sites is 1. The Balaban J connectivity index is 2.56. The lowest BCUT2D eigenvalue weighted by atomic mass is 10.0. The van der Waals surface area contributed by atoms with Gasteiger partial charge in [-0.3, -0.25) is 0 Å². The van der Waals surface area contributed by atoms with Crippen molar-refractivity contribution < 1.29 is 4.74 Å². The van der Waals surface area contributed by atoms with Crippen molar-refractivity contribution in [1.29, 1.82) is 0 Å². The minimum Gasteiger partial charge on any atom is -0.373 e. The zero-order chi connectivity index (χ0) is 10.9. The van der Waals surface area contributed by atoms with E-state index in [-0.39, 0.29) is 5.60 Å². The van der Waals surface area contributed by atoms with Crippen LogP contribution in [-0.4, -0.2) is 12.1 Å². The van der Waals surface area contributed by atoms with E-state index in [1.807, 2.05) is 38.1 Å². The number of hydrogen-bond acceptors (Lipinski definition) is 2. The van der Waals surface area contributed by atoms with E-state index in [4.69, 9.17) is 4.74 Å². The summed E-state index contributed by atoms with van der Waals surface area (Å²) < 4.78 is 5.41. The predicted molar refractivity (Wildman–Crippen MR) is 61.8 cm³/mol. The lowest BCUT2D eigenvalue weighted by molar-refractivity contribution is 0.0158. The molecule has 78 valence electrons. The fraction of sp³-hybridized carbons (Fsp3) is 0.308. The average Bonchev–Trinajstić information content (AvgIpc) is 2.28.